The molecule has 0 saturated carbocycles. The molecule has 0 atom stereocenters. The molecule has 71 valence electrons. The van der Waals surface area contributed by atoms with Crippen LogP contribution in [0, 0.1) is 0 Å². The van der Waals surface area contributed by atoms with E-state index < -0.39 is 0 Å². The Kier molecular flexibility index (Phi) is 1.68. The van der Waals surface area contributed by atoms with Crippen LogP contribution >= 0.6 is 0 Å². The van der Waals surface area contributed by atoms with Gasteiger partial charge in [0.1, 0.15) is 5.75 Å². The number of carbonyl (C=O) groups is 1. The van der Waals surface area contributed by atoms with E-state index in [9.17, 15) is 4.79 Å². The normalized spacial score (nSPS) is 13.7. The van der Waals surface area contributed by atoms with Crippen LogP contribution in [0.4, 0.5) is 0 Å². The number of carbonyl (C=O) groups excluding carboxylic acids is 1. The standard InChI is InChI=1S/C11H6BO3/c13-11-9-5-7-3-1-2-4-8(7)6-10(9)14-12-15-11/h1-6H. The van der Waals surface area contributed by atoms with Crippen molar-refractivity contribution in [2.45, 2.75) is 0 Å². The Hall–Kier alpha value is -1.97. The molecule has 0 fully saturated rings. The number of hydrogen-bond donors (Lipinski definition) is 0. The second kappa shape index (κ2) is 3.02. The number of fused-ring (bicyclic) bond motifs is 2. The summed E-state index contributed by atoms with van der Waals surface area (Å²) in [5.74, 6) is 0.173. The summed E-state index contributed by atoms with van der Waals surface area (Å²) in [6.07, 6.45) is 0. The predicted molar refractivity (Wildman–Crippen MR) is 55.7 cm³/mol. The van der Waals surface area contributed by atoms with Gasteiger partial charge in [-0.2, -0.15) is 0 Å². The molecule has 0 bridgehead atoms. The fourth-order valence-corrected chi connectivity index (χ4v) is 1.66. The van der Waals surface area contributed by atoms with E-state index >= 15 is 0 Å². The van der Waals surface area contributed by atoms with E-state index in [0.29, 0.717) is 11.3 Å². The Balaban J connectivity index is 2.32. The Labute approximate surface area is 86.9 Å². The molecule has 1 aliphatic rings. The van der Waals surface area contributed by atoms with E-state index in [4.69, 9.17) is 4.65 Å². The molecule has 0 aliphatic carbocycles. The molecule has 15 heavy (non-hydrogen) atoms. The third-order valence-electron chi connectivity index (χ3n) is 2.40. The first kappa shape index (κ1) is 8.35. The zero-order valence-electron chi connectivity index (χ0n) is 7.77. The van der Waals surface area contributed by atoms with Gasteiger partial charge in [0.05, 0.1) is 5.56 Å². The van der Waals surface area contributed by atoms with Gasteiger partial charge in [-0.15, -0.1) is 0 Å². The molecule has 0 saturated heterocycles. The lowest BCUT2D eigenvalue weighted by atomic mass is 10.0. The summed E-state index contributed by atoms with van der Waals surface area (Å²) in [6, 6.07) is 11.4. The zero-order chi connectivity index (χ0) is 10.3. The lowest BCUT2D eigenvalue weighted by Gasteiger charge is -2.16. The smallest absolute Gasteiger partial charge is 0.526 e. The lowest BCUT2D eigenvalue weighted by Crippen LogP contribution is -2.21. The maximum Gasteiger partial charge on any atom is 0.660 e. The lowest BCUT2D eigenvalue weighted by molar-refractivity contribution is 0.0699. The predicted octanol–water partition coefficient (Wildman–Crippen LogP) is 1.92. The van der Waals surface area contributed by atoms with Crippen molar-refractivity contribution in [3.8, 4) is 5.75 Å². The highest BCUT2D eigenvalue weighted by Gasteiger charge is 2.22. The summed E-state index contributed by atoms with van der Waals surface area (Å²) in [4.78, 5) is 11.4. The minimum absolute atomic E-state index is 0.373. The van der Waals surface area contributed by atoms with E-state index in [1.807, 2.05) is 30.3 Å². The van der Waals surface area contributed by atoms with Crippen LogP contribution in [0.3, 0.4) is 0 Å². The molecule has 1 heterocycles. The molecule has 1 radical (unpaired) electrons. The fraction of sp³-hybridized carbons (Fsp3) is 0. The van der Waals surface area contributed by atoms with E-state index in [1.54, 1.807) is 6.07 Å². The highest BCUT2D eigenvalue weighted by Crippen LogP contribution is 2.28. The van der Waals surface area contributed by atoms with Gasteiger partial charge in [-0.05, 0) is 22.9 Å². The van der Waals surface area contributed by atoms with Crippen LogP contribution in [0.5, 0.6) is 5.75 Å². The molecular weight excluding hydrogens is 191 g/mol. The van der Waals surface area contributed by atoms with Crippen molar-refractivity contribution in [3.05, 3.63) is 42.0 Å². The quantitative estimate of drug-likeness (QED) is 0.605. The minimum Gasteiger partial charge on any atom is -0.526 e. The van der Waals surface area contributed by atoms with Crippen LogP contribution in [-0.4, -0.2) is 13.7 Å². The average Bonchev–Trinajstić information content (AvgIpc) is 2.27. The average molecular weight is 197 g/mol. The molecule has 4 heteroatoms. The summed E-state index contributed by atoms with van der Waals surface area (Å²) in [5.41, 5.74) is 0.469. The summed E-state index contributed by atoms with van der Waals surface area (Å²) in [5, 5.41) is 2.04. The highest BCUT2D eigenvalue weighted by atomic mass is 16.6. The van der Waals surface area contributed by atoms with Crippen LogP contribution in [0.2, 0.25) is 0 Å². The molecule has 0 amide bonds. The van der Waals surface area contributed by atoms with Crippen molar-refractivity contribution in [2.24, 2.45) is 0 Å². The SMILES string of the molecule is O=C1O[B]Oc2cc3ccccc3cc21. The molecular formula is C11H6BO3. The number of hydrogen-bond acceptors (Lipinski definition) is 3. The molecule has 2 aromatic carbocycles. The van der Waals surface area contributed by atoms with Gasteiger partial charge in [0.2, 0.25) is 0 Å². The van der Waals surface area contributed by atoms with Gasteiger partial charge in [-0.1, -0.05) is 24.3 Å². The first-order valence-electron chi connectivity index (χ1n) is 4.57. The fourth-order valence-electron chi connectivity index (χ4n) is 1.66. The van der Waals surface area contributed by atoms with E-state index in [0.717, 1.165) is 18.5 Å². The maximum atomic E-state index is 11.4. The van der Waals surface area contributed by atoms with Crippen molar-refractivity contribution in [2.75, 3.05) is 0 Å². The first-order valence-corrected chi connectivity index (χ1v) is 4.57. The third-order valence-corrected chi connectivity index (χ3v) is 2.40. The first-order chi connectivity index (χ1) is 7.34. The molecule has 3 nitrogen and oxygen atoms in total. The van der Waals surface area contributed by atoms with Crippen molar-refractivity contribution in [3.63, 3.8) is 0 Å². The topological polar surface area (TPSA) is 35.5 Å². The highest BCUT2D eigenvalue weighted by molar-refractivity contribution is 6.28. The van der Waals surface area contributed by atoms with Gasteiger partial charge in [-0.3, -0.25) is 0 Å². The minimum atomic E-state index is -0.373. The van der Waals surface area contributed by atoms with Gasteiger partial charge in [0.15, 0.2) is 0 Å². The van der Waals surface area contributed by atoms with Gasteiger partial charge < -0.3 is 9.31 Å². The van der Waals surface area contributed by atoms with Crippen LogP contribution in [-0.2, 0) is 4.65 Å². The summed E-state index contributed by atoms with van der Waals surface area (Å²) in [6.45, 7) is 0. The van der Waals surface area contributed by atoms with Crippen LogP contribution < -0.4 is 4.65 Å². The van der Waals surface area contributed by atoms with Gasteiger partial charge >= 0.3 is 13.7 Å². The van der Waals surface area contributed by atoms with Crippen LogP contribution in [0.1, 0.15) is 10.4 Å². The maximum absolute atomic E-state index is 11.4. The zero-order valence-corrected chi connectivity index (χ0v) is 7.77. The van der Waals surface area contributed by atoms with E-state index in [-0.39, 0.29) is 5.97 Å². The molecule has 3 rings (SSSR count). The van der Waals surface area contributed by atoms with Gasteiger partial charge in [-0.25, -0.2) is 4.79 Å². The van der Waals surface area contributed by atoms with Crippen molar-refractivity contribution in [1.29, 1.82) is 0 Å². The second-order valence-corrected chi connectivity index (χ2v) is 3.31. The Bertz CT molecular complexity index is 551. The van der Waals surface area contributed by atoms with Crippen molar-refractivity contribution < 1.29 is 14.1 Å². The largest absolute Gasteiger partial charge is 0.660 e. The summed E-state index contributed by atoms with van der Waals surface area (Å²) < 4.78 is 9.80. The van der Waals surface area contributed by atoms with E-state index in [1.165, 1.54) is 0 Å². The molecule has 2 aromatic rings. The van der Waals surface area contributed by atoms with Crippen molar-refractivity contribution >= 4 is 24.4 Å². The molecule has 0 unspecified atom stereocenters. The third kappa shape index (κ3) is 1.26. The van der Waals surface area contributed by atoms with Crippen LogP contribution in [0.15, 0.2) is 36.4 Å². The molecule has 0 spiro atoms. The Morgan fingerprint density at radius 3 is 2.53 bits per heavy atom. The number of rotatable bonds is 0. The van der Waals surface area contributed by atoms with Crippen molar-refractivity contribution in [1.82, 2.24) is 0 Å². The molecule has 0 N–H and O–H groups in total. The number of benzene rings is 2. The Morgan fingerprint density at radius 2 is 1.73 bits per heavy atom. The van der Waals surface area contributed by atoms with Crippen LogP contribution in [0.25, 0.3) is 10.8 Å². The monoisotopic (exact) mass is 197 g/mol. The Morgan fingerprint density at radius 1 is 1.00 bits per heavy atom. The summed E-state index contributed by atoms with van der Waals surface area (Å²) in [7, 11) is 1.06. The van der Waals surface area contributed by atoms with E-state index in [2.05, 4.69) is 4.65 Å². The van der Waals surface area contributed by atoms with Gasteiger partial charge in [0, 0.05) is 0 Å². The molecule has 1 aliphatic heterocycles. The summed E-state index contributed by atoms with van der Waals surface area (Å²) >= 11 is 0. The van der Waals surface area contributed by atoms with Gasteiger partial charge in [0.25, 0.3) is 0 Å². The molecule has 0 aromatic heterocycles. The second-order valence-electron chi connectivity index (χ2n) is 3.31.